The first-order valence-electron chi connectivity index (χ1n) is 17.2. The quantitative estimate of drug-likeness (QED) is 0.183. The van der Waals surface area contributed by atoms with Crippen molar-refractivity contribution in [3.8, 4) is 56.4 Å². The molecule has 232 valence electrons. The van der Waals surface area contributed by atoms with Gasteiger partial charge in [0.15, 0.2) is 17.5 Å². The Morgan fingerprint density at radius 3 is 1.94 bits per heavy atom. The lowest BCUT2D eigenvalue weighted by Gasteiger charge is -2.26. The lowest BCUT2D eigenvalue weighted by Crippen LogP contribution is -2.16. The molecule has 8 aromatic rings. The van der Waals surface area contributed by atoms with E-state index in [4.69, 9.17) is 15.0 Å². The van der Waals surface area contributed by atoms with Gasteiger partial charge in [0.25, 0.3) is 0 Å². The summed E-state index contributed by atoms with van der Waals surface area (Å²) in [5, 5.41) is 4.74. The highest BCUT2D eigenvalue weighted by atomic mass is 15.0. The van der Waals surface area contributed by atoms with E-state index in [-0.39, 0.29) is 5.41 Å². The van der Waals surface area contributed by atoms with Crippen molar-refractivity contribution in [2.45, 2.75) is 32.1 Å². The topological polar surface area (TPSA) is 38.7 Å². The van der Waals surface area contributed by atoms with Crippen molar-refractivity contribution in [2.75, 3.05) is 0 Å². The highest BCUT2D eigenvalue weighted by molar-refractivity contribution is 6.13. The smallest absolute Gasteiger partial charge is 0.164 e. The molecule has 3 nitrogen and oxygen atoms in total. The molecule has 0 bridgehead atoms. The maximum absolute atomic E-state index is 5.30. The third-order valence-corrected chi connectivity index (χ3v) is 10.8. The van der Waals surface area contributed by atoms with Crippen molar-refractivity contribution < 1.29 is 0 Å². The van der Waals surface area contributed by atoms with Crippen LogP contribution in [-0.2, 0) is 18.3 Å². The molecule has 0 radical (unpaired) electrons. The number of aryl methyl sites for hydroxylation is 1. The zero-order valence-electron chi connectivity index (χ0n) is 27.5. The number of fused-ring (bicyclic) bond motifs is 9. The third kappa shape index (κ3) is 4.25. The fraction of sp³-hybridized carbons (Fsp3) is 0.109. The Labute approximate surface area is 286 Å². The summed E-state index contributed by atoms with van der Waals surface area (Å²) in [6, 6.07) is 50.2. The Hall–Kier alpha value is -5.93. The lowest BCUT2D eigenvalue weighted by molar-refractivity contribution is 0.659. The van der Waals surface area contributed by atoms with Gasteiger partial charge in [0.05, 0.1) is 0 Å². The van der Waals surface area contributed by atoms with Crippen LogP contribution in [0.4, 0.5) is 0 Å². The molecule has 2 aliphatic carbocycles. The fourth-order valence-electron chi connectivity index (χ4n) is 8.40. The van der Waals surface area contributed by atoms with Crippen LogP contribution >= 0.6 is 0 Å². The monoisotopic (exact) mass is 627 g/mol. The van der Waals surface area contributed by atoms with Crippen molar-refractivity contribution in [3.63, 3.8) is 0 Å². The fourth-order valence-corrected chi connectivity index (χ4v) is 8.40. The van der Waals surface area contributed by atoms with Gasteiger partial charge in [-0.2, -0.15) is 0 Å². The van der Waals surface area contributed by atoms with Crippen molar-refractivity contribution in [3.05, 3.63) is 162 Å². The van der Waals surface area contributed by atoms with Gasteiger partial charge in [-0.1, -0.05) is 141 Å². The van der Waals surface area contributed by atoms with Gasteiger partial charge in [-0.05, 0) is 91.0 Å². The van der Waals surface area contributed by atoms with Crippen molar-refractivity contribution in [1.29, 1.82) is 0 Å². The molecule has 2 aliphatic rings. The summed E-state index contributed by atoms with van der Waals surface area (Å²) in [5.41, 5.74) is 14.0. The first kappa shape index (κ1) is 28.1. The van der Waals surface area contributed by atoms with Crippen molar-refractivity contribution >= 4 is 21.5 Å². The van der Waals surface area contributed by atoms with Crippen LogP contribution in [0.1, 0.15) is 36.1 Å². The van der Waals surface area contributed by atoms with Crippen molar-refractivity contribution in [2.24, 2.45) is 0 Å². The highest BCUT2D eigenvalue weighted by Crippen LogP contribution is 2.52. The minimum absolute atomic E-state index is 0.00879. The van der Waals surface area contributed by atoms with Crippen LogP contribution in [0.15, 0.2) is 140 Å². The number of aromatic nitrogens is 3. The van der Waals surface area contributed by atoms with E-state index >= 15 is 0 Å². The Bertz CT molecular complexity index is 2630. The van der Waals surface area contributed by atoms with E-state index in [9.17, 15) is 0 Å². The molecule has 0 saturated heterocycles. The normalized spacial score (nSPS) is 13.9. The van der Waals surface area contributed by atoms with Gasteiger partial charge in [0.1, 0.15) is 0 Å². The molecule has 0 spiro atoms. The molecule has 0 fully saturated rings. The van der Waals surface area contributed by atoms with E-state index in [0.717, 1.165) is 34.9 Å². The number of benzene rings is 7. The summed E-state index contributed by atoms with van der Waals surface area (Å²) >= 11 is 0. The lowest BCUT2D eigenvalue weighted by atomic mass is 9.78. The Morgan fingerprint density at radius 2 is 1.08 bits per heavy atom. The molecule has 0 aliphatic heterocycles. The first-order valence-corrected chi connectivity index (χ1v) is 17.2. The van der Waals surface area contributed by atoms with Crippen LogP contribution in [-0.4, -0.2) is 15.0 Å². The van der Waals surface area contributed by atoms with E-state index in [1.165, 1.54) is 60.7 Å². The summed E-state index contributed by atoms with van der Waals surface area (Å²) in [7, 11) is 0. The maximum atomic E-state index is 5.30. The summed E-state index contributed by atoms with van der Waals surface area (Å²) < 4.78 is 0. The van der Waals surface area contributed by atoms with E-state index < -0.39 is 0 Å². The molecular formula is C46H33N3. The number of nitrogens with zero attached hydrogens (tertiary/aromatic N) is 3. The largest absolute Gasteiger partial charge is 0.208 e. The SMILES string of the molecule is CC1(C)c2ccccc2-c2cc3c(cc21)CCc1c(-c2nc(-c4ccccc4)nc(-c4cc5ccccc5c5ccccc45)n2)cccc1-3. The van der Waals surface area contributed by atoms with E-state index in [1.54, 1.807) is 0 Å². The van der Waals surface area contributed by atoms with Gasteiger partial charge in [0.2, 0.25) is 0 Å². The zero-order valence-corrected chi connectivity index (χ0v) is 27.5. The molecule has 10 rings (SSSR count). The van der Waals surface area contributed by atoms with Crippen LogP contribution in [0.2, 0.25) is 0 Å². The van der Waals surface area contributed by atoms with E-state index in [0.29, 0.717) is 17.5 Å². The second-order valence-corrected chi connectivity index (χ2v) is 13.9. The molecule has 49 heavy (non-hydrogen) atoms. The average Bonchev–Trinajstić information content (AvgIpc) is 3.38. The Balaban J connectivity index is 1.19. The molecular weight excluding hydrogens is 595 g/mol. The first-order chi connectivity index (χ1) is 24.0. The molecule has 0 amide bonds. The van der Waals surface area contributed by atoms with Crippen LogP contribution in [0.25, 0.3) is 78.0 Å². The van der Waals surface area contributed by atoms with E-state index in [1.807, 2.05) is 18.2 Å². The van der Waals surface area contributed by atoms with Gasteiger partial charge in [0, 0.05) is 22.1 Å². The van der Waals surface area contributed by atoms with Gasteiger partial charge in [-0.3, -0.25) is 0 Å². The predicted molar refractivity (Wildman–Crippen MR) is 202 cm³/mol. The number of rotatable bonds is 3. The molecule has 0 atom stereocenters. The minimum atomic E-state index is -0.00879. The molecule has 1 heterocycles. The molecule has 1 aromatic heterocycles. The summed E-state index contributed by atoms with van der Waals surface area (Å²) in [4.78, 5) is 15.7. The third-order valence-electron chi connectivity index (χ3n) is 10.8. The van der Waals surface area contributed by atoms with Crippen LogP contribution in [0, 0.1) is 0 Å². The standard InChI is InChI=1S/C46H33N3/c1-46(2)41-22-11-10-19-36(41)39-27-38-30(26-42(39)46)23-24-35-33(38)20-12-21-37(35)44-47-43(28-13-4-3-5-14-28)48-45(49-44)40-25-29-15-6-7-16-31(29)32-17-8-9-18-34(32)40/h3-22,25-27H,23-24H2,1-2H3. The average molecular weight is 628 g/mol. The second kappa shape index (κ2) is 10.5. The highest BCUT2D eigenvalue weighted by Gasteiger charge is 2.36. The Morgan fingerprint density at radius 1 is 0.429 bits per heavy atom. The summed E-state index contributed by atoms with van der Waals surface area (Å²) in [6.07, 6.45) is 1.92. The van der Waals surface area contributed by atoms with Gasteiger partial charge >= 0.3 is 0 Å². The maximum Gasteiger partial charge on any atom is 0.164 e. The minimum Gasteiger partial charge on any atom is -0.208 e. The number of hydrogen-bond donors (Lipinski definition) is 0. The van der Waals surface area contributed by atoms with Crippen molar-refractivity contribution in [1.82, 2.24) is 15.0 Å². The number of hydrogen-bond acceptors (Lipinski definition) is 3. The molecule has 0 N–H and O–H groups in total. The van der Waals surface area contributed by atoms with Crippen LogP contribution in [0.3, 0.4) is 0 Å². The Kier molecular flexibility index (Phi) is 6.05. The van der Waals surface area contributed by atoms with Gasteiger partial charge in [-0.25, -0.2) is 15.0 Å². The van der Waals surface area contributed by atoms with Gasteiger partial charge < -0.3 is 0 Å². The zero-order chi connectivity index (χ0) is 32.7. The summed E-state index contributed by atoms with van der Waals surface area (Å²) in [6.45, 7) is 4.72. The molecule has 0 unspecified atom stereocenters. The van der Waals surface area contributed by atoms with E-state index in [2.05, 4.69) is 135 Å². The summed E-state index contributed by atoms with van der Waals surface area (Å²) in [5.74, 6) is 2.09. The molecule has 0 saturated carbocycles. The second-order valence-electron chi connectivity index (χ2n) is 13.9. The van der Waals surface area contributed by atoms with Gasteiger partial charge in [-0.15, -0.1) is 0 Å². The predicted octanol–water partition coefficient (Wildman–Crippen LogP) is 11.3. The van der Waals surface area contributed by atoms with Crippen LogP contribution in [0.5, 0.6) is 0 Å². The molecule has 3 heteroatoms. The van der Waals surface area contributed by atoms with Crippen LogP contribution < -0.4 is 0 Å². The molecule has 7 aromatic carbocycles.